The van der Waals surface area contributed by atoms with Crippen molar-refractivity contribution in [3.05, 3.63) is 18.2 Å². The number of likely N-dealkylation sites (tertiary alicyclic amines) is 1. The molecule has 1 fully saturated rings. The maximum Gasteiger partial charge on any atom is 0.238 e. The van der Waals surface area contributed by atoms with Gasteiger partial charge in [-0.3, -0.25) is 14.5 Å². The van der Waals surface area contributed by atoms with Crippen molar-refractivity contribution in [3.63, 3.8) is 0 Å². The zero-order chi connectivity index (χ0) is 19.6. The van der Waals surface area contributed by atoms with E-state index in [9.17, 15) is 9.59 Å². The van der Waals surface area contributed by atoms with Crippen LogP contribution in [0.5, 0.6) is 11.5 Å². The van der Waals surface area contributed by atoms with Crippen LogP contribution in [0.3, 0.4) is 0 Å². The lowest BCUT2D eigenvalue weighted by molar-refractivity contribution is -0.126. The van der Waals surface area contributed by atoms with E-state index in [1.807, 2.05) is 0 Å². The third-order valence-electron chi connectivity index (χ3n) is 4.82. The van der Waals surface area contributed by atoms with Crippen LogP contribution in [0.2, 0.25) is 0 Å². The lowest BCUT2D eigenvalue weighted by atomic mass is 9.96. The number of unbranched alkanes of at least 4 members (excludes halogenated alkanes) is 1. The van der Waals surface area contributed by atoms with Gasteiger partial charge >= 0.3 is 0 Å². The van der Waals surface area contributed by atoms with Gasteiger partial charge in [0, 0.05) is 24.2 Å². The minimum absolute atomic E-state index is 0.0621. The highest BCUT2D eigenvalue weighted by Gasteiger charge is 2.25. The number of nitrogens with zero attached hydrogens (tertiary/aromatic N) is 1. The third kappa shape index (κ3) is 6.43. The molecule has 1 saturated heterocycles. The molecule has 7 nitrogen and oxygen atoms in total. The Morgan fingerprint density at radius 3 is 2.48 bits per heavy atom. The first-order chi connectivity index (χ1) is 13.1. The first-order valence-electron chi connectivity index (χ1n) is 9.59. The van der Waals surface area contributed by atoms with Gasteiger partial charge in [-0.15, -0.1) is 0 Å². The molecule has 1 aliphatic heterocycles. The zero-order valence-electron chi connectivity index (χ0n) is 16.5. The average molecular weight is 377 g/mol. The molecule has 0 unspecified atom stereocenters. The Balaban J connectivity index is 1.77. The molecule has 0 aromatic heterocycles. The number of anilines is 1. The Kier molecular flexibility index (Phi) is 8.39. The van der Waals surface area contributed by atoms with Gasteiger partial charge in [0.05, 0.1) is 20.8 Å². The number of hydrogen-bond donors (Lipinski definition) is 2. The molecule has 7 heteroatoms. The maximum absolute atomic E-state index is 12.3. The van der Waals surface area contributed by atoms with E-state index >= 15 is 0 Å². The molecule has 2 N–H and O–H groups in total. The fourth-order valence-corrected chi connectivity index (χ4v) is 3.20. The van der Waals surface area contributed by atoms with Crippen LogP contribution in [0, 0.1) is 5.92 Å². The van der Waals surface area contributed by atoms with Crippen LogP contribution in [-0.2, 0) is 9.59 Å². The molecule has 150 valence electrons. The highest BCUT2D eigenvalue weighted by Crippen LogP contribution is 2.29. The minimum Gasteiger partial charge on any atom is -0.493 e. The largest absolute Gasteiger partial charge is 0.493 e. The summed E-state index contributed by atoms with van der Waals surface area (Å²) in [6.45, 7) is 4.69. The quantitative estimate of drug-likeness (QED) is 0.646. The predicted molar refractivity (Wildman–Crippen MR) is 105 cm³/mol. The molecular weight excluding hydrogens is 346 g/mol. The molecule has 1 aliphatic rings. The van der Waals surface area contributed by atoms with Crippen molar-refractivity contribution in [2.24, 2.45) is 5.92 Å². The van der Waals surface area contributed by atoms with E-state index in [4.69, 9.17) is 9.47 Å². The van der Waals surface area contributed by atoms with Gasteiger partial charge in [-0.2, -0.15) is 0 Å². The Morgan fingerprint density at radius 2 is 1.85 bits per heavy atom. The van der Waals surface area contributed by atoms with Crippen molar-refractivity contribution in [2.45, 2.75) is 32.6 Å². The van der Waals surface area contributed by atoms with E-state index < -0.39 is 0 Å². The number of benzene rings is 1. The van der Waals surface area contributed by atoms with Crippen molar-refractivity contribution in [3.8, 4) is 11.5 Å². The van der Waals surface area contributed by atoms with Crippen LogP contribution >= 0.6 is 0 Å². The Labute approximate surface area is 161 Å². The number of amides is 2. The third-order valence-corrected chi connectivity index (χ3v) is 4.82. The molecule has 0 aliphatic carbocycles. The van der Waals surface area contributed by atoms with Crippen LogP contribution < -0.4 is 20.1 Å². The number of rotatable bonds is 9. The van der Waals surface area contributed by atoms with Crippen molar-refractivity contribution in [2.75, 3.05) is 45.7 Å². The first kappa shape index (κ1) is 21.0. The van der Waals surface area contributed by atoms with Crippen molar-refractivity contribution < 1.29 is 19.1 Å². The second-order valence-corrected chi connectivity index (χ2v) is 6.81. The van der Waals surface area contributed by atoms with E-state index in [1.165, 1.54) is 0 Å². The van der Waals surface area contributed by atoms with Gasteiger partial charge in [0.25, 0.3) is 0 Å². The number of piperidine rings is 1. The van der Waals surface area contributed by atoms with E-state index in [0.29, 0.717) is 23.7 Å². The Morgan fingerprint density at radius 1 is 1.15 bits per heavy atom. The fraction of sp³-hybridized carbons (Fsp3) is 0.600. The number of carbonyl (C=O) groups is 2. The topological polar surface area (TPSA) is 79.9 Å². The molecule has 27 heavy (non-hydrogen) atoms. The van der Waals surface area contributed by atoms with Crippen LogP contribution in [0.4, 0.5) is 5.69 Å². The molecule has 0 atom stereocenters. The average Bonchev–Trinajstić information content (AvgIpc) is 2.68. The van der Waals surface area contributed by atoms with E-state index in [2.05, 4.69) is 22.5 Å². The van der Waals surface area contributed by atoms with Gasteiger partial charge < -0.3 is 20.1 Å². The SMILES string of the molecule is CCCCNC(=O)C1CCN(CC(=O)Nc2ccc(OC)c(OC)c2)CC1. The summed E-state index contributed by atoms with van der Waals surface area (Å²) in [5.41, 5.74) is 0.669. The van der Waals surface area contributed by atoms with Crippen LogP contribution in [0.15, 0.2) is 18.2 Å². The highest BCUT2D eigenvalue weighted by molar-refractivity contribution is 5.92. The number of methoxy groups -OCH3 is 2. The maximum atomic E-state index is 12.3. The molecule has 2 rings (SSSR count). The van der Waals surface area contributed by atoms with Gasteiger partial charge in [0.15, 0.2) is 11.5 Å². The van der Waals surface area contributed by atoms with Crippen molar-refractivity contribution >= 4 is 17.5 Å². The first-order valence-corrected chi connectivity index (χ1v) is 9.59. The van der Waals surface area contributed by atoms with Gasteiger partial charge in [0.2, 0.25) is 11.8 Å². The molecule has 0 spiro atoms. The van der Waals surface area contributed by atoms with E-state index in [-0.39, 0.29) is 17.7 Å². The minimum atomic E-state index is -0.0759. The smallest absolute Gasteiger partial charge is 0.238 e. The summed E-state index contributed by atoms with van der Waals surface area (Å²) in [4.78, 5) is 26.5. The lowest BCUT2D eigenvalue weighted by Crippen LogP contribution is -2.43. The number of hydrogen-bond acceptors (Lipinski definition) is 5. The fourth-order valence-electron chi connectivity index (χ4n) is 3.20. The van der Waals surface area contributed by atoms with Crippen LogP contribution in [-0.4, -0.2) is 57.1 Å². The summed E-state index contributed by atoms with van der Waals surface area (Å²) >= 11 is 0. The van der Waals surface area contributed by atoms with Crippen LogP contribution in [0.25, 0.3) is 0 Å². The summed E-state index contributed by atoms with van der Waals surface area (Å²) in [5.74, 6) is 1.33. The van der Waals surface area contributed by atoms with Crippen molar-refractivity contribution in [1.29, 1.82) is 0 Å². The normalized spacial score (nSPS) is 15.2. The summed E-state index contributed by atoms with van der Waals surface area (Å²) in [6.07, 6.45) is 3.68. The Bertz CT molecular complexity index is 628. The molecule has 0 bridgehead atoms. The molecule has 0 radical (unpaired) electrons. The van der Waals surface area contributed by atoms with Crippen molar-refractivity contribution in [1.82, 2.24) is 10.2 Å². The van der Waals surface area contributed by atoms with Gasteiger partial charge in [-0.05, 0) is 44.5 Å². The summed E-state index contributed by atoms with van der Waals surface area (Å²) in [5, 5.41) is 5.89. The van der Waals surface area contributed by atoms with E-state index in [1.54, 1.807) is 32.4 Å². The zero-order valence-corrected chi connectivity index (χ0v) is 16.5. The number of carbonyl (C=O) groups excluding carboxylic acids is 2. The second kappa shape index (κ2) is 10.8. The number of nitrogens with one attached hydrogen (secondary N) is 2. The number of ether oxygens (including phenoxy) is 2. The predicted octanol–water partition coefficient (Wildman–Crippen LogP) is 2.27. The van der Waals surface area contributed by atoms with Gasteiger partial charge in [-0.25, -0.2) is 0 Å². The van der Waals surface area contributed by atoms with Crippen LogP contribution in [0.1, 0.15) is 32.6 Å². The summed E-state index contributed by atoms with van der Waals surface area (Å²) in [7, 11) is 3.13. The molecule has 1 aromatic carbocycles. The summed E-state index contributed by atoms with van der Waals surface area (Å²) in [6, 6.07) is 5.28. The highest BCUT2D eigenvalue weighted by atomic mass is 16.5. The molecule has 1 heterocycles. The molecule has 0 saturated carbocycles. The second-order valence-electron chi connectivity index (χ2n) is 6.81. The Hall–Kier alpha value is -2.28. The lowest BCUT2D eigenvalue weighted by Gasteiger charge is -2.30. The monoisotopic (exact) mass is 377 g/mol. The molecule has 2 amide bonds. The van der Waals surface area contributed by atoms with Gasteiger partial charge in [-0.1, -0.05) is 13.3 Å². The standard InChI is InChI=1S/C20H31N3O4/c1-4-5-10-21-20(25)15-8-11-23(12-9-15)14-19(24)22-16-6-7-17(26-2)18(13-16)27-3/h6-7,13,15H,4-5,8-12,14H2,1-3H3,(H,21,25)(H,22,24). The molecular formula is C20H31N3O4. The summed E-state index contributed by atoms with van der Waals surface area (Å²) < 4.78 is 10.5. The van der Waals surface area contributed by atoms with E-state index in [0.717, 1.165) is 45.3 Å². The molecule has 1 aromatic rings. The van der Waals surface area contributed by atoms with Gasteiger partial charge in [0.1, 0.15) is 0 Å².